The Kier molecular flexibility index (Phi) is 6.45. The maximum Gasteiger partial charge on any atom is 0.0518 e. The first-order chi connectivity index (χ1) is 8.02. The van der Waals surface area contributed by atoms with E-state index in [2.05, 4.69) is 32.6 Å². The standard InChI is InChI=1S/C14H30N2O/c1-11(2)17-10-6-5-8-16-9-7-14(15)12(3)13(16)4/h11-14H,5-10,15H2,1-4H3. The van der Waals surface area contributed by atoms with Crippen molar-refractivity contribution in [3.05, 3.63) is 0 Å². The summed E-state index contributed by atoms with van der Waals surface area (Å²) in [4.78, 5) is 2.59. The molecular formula is C14H30N2O. The Hall–Kier alpha value is -0.120. The van der Waals surface area contributed by atoms with Gasteiger partial charge in [-0.05, 0) is 59.0 Å². The normalized spacial score (nSPS) is 31.1. The van der Waals surface area contributed by atoms with Gasteiger partial charge in [0.15, 0.2) is 0 Å². The SMILES string of the molecule is CC(C)OCCCCN1CCC(N)C(C)C1C. The van der Waals surface area contributed by atoms with Crippen LogP contribution >= 0.6 is 0 Å². The van der Waals surface area contributed by atoms with Crippen molar-refractivity contribution in [1.82, 2.24) is 4.90 Å². The first kappa shape index (κ1) is 14.9. The van der Waals surface area contributed by atoms with Gasteiger partial charge in [-0.2, -0.15) is 0 Å². The molecular weight excluding hydrogens is 212 g/mol. The Morgan fingerprint density at radius 2 is 2.00 bits per heavy atom. The van der Waals surface area contributed by atoms with Crippen molar-refractivity contribution in [2.75, 3.05) is 19.7 Å². The maximum absolute atomic E-state index is 6.09. The third-order valence-electron chi connectivity index (χ3n) is 4.05. The number of piperidine rings is 1. The molecule has 0 aromatic rings. The predicted molar refractivity (Wildman–Crippen MR) is 73.1 cm³/mol. The third-order valence-corrected chi connectivity index (χ3v) is 4.05. The van der Waals surface area contributed by atoms with E-state index in [1.54, 1.807) is 0 Å². The average Bonchev–Trinajstić information content (AvgIpc) is 2.28. The van der Waals surface area contributed by atoms with Gasteiger partial charge in [0, 0.05) is 18.7 Å². The zero-order valence-corrected chi connectivity index (χ0v) is 12.0. The molecule has 1 rings (SSSR count). The van der Waals surface area contributed by atoms with Gasteiger partial charge in [-0.1, -0.05) is 6.92 Å². The van der Waals surface area contributed by atoms with Gasteiger partial charge < -0.3 is 15.4 Å². The van der Waals surface area contributed by atoms with Crippen molar-refractivity contribution in [3.8, 4) is 0 Å². The maximum atomic E-state index is 6.09. The van der Waals surface area contributed by atoms with Crippen molar-refractivity contribution in [1.29, 1.82) is 0 Å². The number of rotatable bonds is 6. The molecule has 3 nitrogen and oxygen atoms in total. The van der Waals surface area contributed by atoms with E-state index in [0.29, 0.717) is 24.1 Å². The summed E-state index contributed by atoms with van der Waals surface area (Å²) in [5.74, 6) is 0.621. The molecule has 0 aliphatic carbocycles. The van der Waals surface area contributed by atoms with Gasteiger partial charge in [-0.25, -0.2) is 0 Å². The second-order valence-electron chi connectivity index (χ2n) is 5.71. The largest absolute Gasteiger partial charge is 0.379 e. The lowest BCUT2D eigenvalue weighted by Gasteiger charge is -2.41. The van der Waals surface area contributed by atoms with E-state index in [-0.39, 0.29) is 0 Å². The summed E-state index contributed by atoms with van der Waals surface area (Å²) in [6.45, 7) is 12.0. The fourth-order valence-corrected chi connectivity index (χ4v) is 2.52. The molecule has 1 fully saturated rings. The first-order valence-electron chi connectivity index (χ1n) is 7.13. The quantitative estimate of drug-likeness (QED) is 0.726. The van der Waals surface area contributed by atoms with Crippen LogP contribution in [0.2, 0.25) is 0 Å². The van der Waals surface area contributed by atoms with Crippen LogP contribution in [0, 0.1) is 5.92 Å². The monoisotopic (exact) mass is 242 g/mol. The van der Waals surface area contributed by atoms with Crippen LogP contribution in [0.3, 0.4) is 0 Å². The average molecular weight is 242 g/mol. The lowest BCUT2D eigenvalue weighted by atomic mass is 9.87. The highest BCUT2D eigenvalue weighted by Gasteiger charge is 2.29. The van der Waals surface area contributed by atoms with Crippen LogP contribution in [-0.2, 0) is 4.74 Å². The fourth-order valence-electron chi connectivity index (χ4n) is 2.52. The van der Waals surface area contributed by atoms with Gasteiger partial charge in [0.1, 0.15) is 0 Å². The number of hydrogen-bond acceptors (Lipinski definition) is 3. The molecule has 0 aromatic heterocycles. The summed E-state index contributed by atoms with van der Waals surface area (Å²) in [5.41, 5.74) is 6.09. The van der Waals surface area contributed by atoms with E-state index >= 15 is 0 Å². The Morgan fingerprint density at radius 3 is 2.65 bits per heavy atom. The van der Waals surface area contributed by atoms with Crippen LogP contribution in [0.1, 0.15) is 47.0 Å². The van der Waals surface area contributed by atoms with Crippen LogP contribution in [0.5, 0.6) is 0 Å². The van der Waals surface area contributed by atoms with Gasteiger partial charge in [-0.15, -0.1) is 0 Å². The van der Waals surface area contributed by atoms with Gasteiger partial charge in [0.25, 0.3) is 0 Å². The van der Waals surface area contributed by atoms with E-state index in [4.69, 9.17) is 10.5 Å². The van der Waals surface area contributed by atoms with Crippen molar-refractivity contribution in [2.24, 2.45) is 11.7 Å². The number of ether oxygens (including phenoxy) is 1. The topological polar surface area (TPSA) is 38.5 Å². The molecule has 1 heterocycles. The summed E-state index contributed by atoms with van der Waals surface area (Å²) >= 11 is 0. The summed E-state index contributed by atoms with van der Waals surface area (Å²) in [7, 11) is 0. The zero-order valence-electron chi connectivity index (χ0n) is 12.0. The van der Waals surface area contributed by atoms with Crippen LogP contribution in [0.15, 0.2) is 0 Å². The van der Waals surface area contributed by atoms with Gasteiger partial charge in [0.05, 0.1) is 6.10 Å². The lowest BCUT2D eigenvalue weighted by Crippen LogP contribution is -2.51. The molecule has 3 heteroatoms. The number of nitrogens with zero attached hydrogens (tertiary/aromatic N) is 1. The fraction of sp³-hybridized carbons (Fsp3) is 1.00. The number of likely N-dealkylation sites (tertiary alicyclic amines) is 1. The highest BCUT2D eigenvalue weighted by molar-refractivity contribution is 4.86. The zero-order chi connectivity index (χ0) is 12.8. The summed E-state index contributed by atoms with van der Waals surface area (Å²) in [6, 6.07) is 1.02. The molecule has 0 radical (unpaired) electrons. The van der Waals surface area contributed by atoms with Crippen LogP contribution < -0.4 is 5.73 Å². The predicted octanol–water partition coefficient (Wildman–Crippen LogP) is 2.25. The van der Waals surface area contributed by atoms with E-state index in [1.807, 2.05) is 0 Å². The smallest absolute Gasteiger partial charge is 0.0518 e. The molecule has 17 heavy (non-hydrogen) atoms. The Bertz CT molecular complexity index is 208. The third kappa shape index (κ3) is 4.94. The van der Waals surface area contributed by atoms with Crippen molar-refractivity contribution in [3.63, 3.8) is 0 Å². The summed E-state index contributed by atoms with van der Waals surface area (Å²) in [5, 5.41) is 0. The molecule has 1 aliphatic rings. The Morgan fingerprint density at radius 1 is 1.29 bits per heavy atom. The van der Waals surface area contributed by atoms with Gasteiger partial charge >= 0.3 is 0 Å². The minimum atomic E-state index is 0.363. The van der Waals surface area contributed by atoms with Crippen LogP contribution in [-0.4, -0.2) is 42.8 Å². The molecule has 2 N–H and O–H groups in total. The Balaban J connectivity index is 2.14. The lowest BCUT2D eigenvalue weighted by molar-refractivity contribution is 0.0657. The van der Waals surface area contributed by atoms with E-state index in [0.717, 1.165) is 19.6 Å². The van der Waals surface area contributed by atoms with Gasteiger partial charge in [-0.3, -0.25) is 0 Å². The van der Waals surface area contributed by atoms with E-state index in [1.165, 1.54) is 19.4 Å². The van der Waals surface area contributed by atoms with Crippen molar-refractivity contribution < 1.29 is 4.74 Å². The first-order valence-corrected chi connectivity index (χ1v) is 7.13. The molecule has 0 aromatic carbocycles. The molecule has 1 saturated heterocycles. The molecule has 0 saturated carbocycles. The minimum absolute atomic E-state index is 0.363. The number of unbranched alkanes of at least 4 members (excludes halogenated alkanes) is 1. The minimum Gasteiger partial charge on any atom is -0.379 e. The molecule has 0 spiro atoms. The van der Waals surface area contributed by atoms with Crippen LogP contribution in [0.4, 0.5) is 0 Å². The van der Waals surface area contributed by atoms with E-state index in [9.17, 15) is 0 Å². The van der Waals surface area contributed by atoms with Crippen molar-refractivity contribution in [2.45, 2.75) is 65.1 Å². The van der Waals surface area contributed by atoms with Gasteiger partial charge in [0.2, 0.25) is 0 Å². The second-order valence-corrected chi connectivity index (χ2v) is 5.71. The molecule has 1 aliphatic heterocycles. The van der Waals surface area contributed by atoms with Crippen LogP contribution in [0.25, 0.3) is 0 Å². The number of nitrogens with two attached hydrogens (primary N) is 1. The molecule has 0 amide bonds. The van der Waals surface area contributed by atoms with Crippen molar-refractivity contribution >= 4 is 0 Å². The molecule has 0 bridgehead atoms. The number of hydrogen-bond donors (Lipinski definition) is 1. The summed E-state index contributed by atoms with van der Waals surface area (Å²) in [6.07, 6.45) is 3.91. The molecule has 102 valence electrons. The molecule has 3 atom stereocenters. The second kappa shape index (κ2) is 7.34. The highest BCUT2D eigenvalue weighted by atomic mass is 16.5. The Labute approximate surface area is 107 Å². The highest BCUT2D eigenvalue weighted by Crippen LogP contribution is 2.22. The molecule has 3 unspecified atom stereocenters. The van der Waals surface area contributed by atoms with E-state index < -0.39 is 0 Å². The summed E-state index contributed by atoms with van der Waals surface area (Å²) < 4.78 is 5.56.